The number of hydrogen-bond donors (Lipinski definition) is 1. The zero-order valence-electron chi connectivity index (χ0n) is 10.9. The molecular formula is C11H18N4O3S. The molecule has 1 aliphatic heterocycles. The highest BCUT2D eigenvalue weighted by Crippen LogP contribution is 2.13. The Morgan fingerprint density at radius 2 is 2.32 bits per heavy atom. The Bertz CT molecular complexity index is 520. The average molecular weight is 286 g/mol. The third-order valence-electron chi connectivity index (χ3n) is 2.80. The van der Waals surface area contributed by atoms with E-state index in [2.05, 4.69) is 15.3 Å². The van der Waals surface area contributed by atoms with Crippen molar-refractivity contribution in [3.05, 3.63) is 12.4 Å². The highest BCUT2D eigenvalue weighted by molar-refractivity contribution is 7.89. The van der Waals surface area contributed by atoms with E-state index in [1.165, 1.54) is 10.6 Å². The first kappa shape index (κ1) is 14.0. The van der Waals surface area contributed by atoms with Crippen LogP contribution in [0.5, 0.6) is 5.88 Å². The van der Waals surface area contributed by atoms with Gasteiger partial charge in [-0.25, -0.2) is 22.7 Å². The number of aromatic nitrogens is 2. The van der Waals surface area contributed by atoms with Gasteiger partial charge >= 0.3 is 0 Å². The van der Waals surface area contributed by atoms with Crippen LogP contribution in [0.4, 0.5) is 5.82 Å². The van der Waals surface area contributed by atoms with Gasteiger partial charge in [-0.3, -0.25) is 0 Å². The minimum Gasteiger partial charge on any atom is -0.478 e. The third kappa shape index (κ3) is 3.77. The number of rotatable bonds is 6. The van der Waals surface area contributed by atoms with Crippen LogP contribution >= 0.6 is 0 Å². The molecule has 0 spiro atoms. The molecule has 0 aliphatic carbocycles. The summed E-state index contributed by atoms with van der Waals surface area (Å²) in [5.74, 6) is 1.40. The Balaban J connectivity index is 1.84. The molecule has 0 unspecified atom stereocenters. The Morgan fingerprint density at radius 3 is 3.00 bits per heavy atom. The van der Waals surface area contributed by atoms with Gasteiger partial charge < -0.3 is 10.1 Å². The predicted molar refractivity (Wildman–Crippen MR) is 71.7 cm³/mol. The molecule has 1 aliphatic rings. The minimum absolute atomic E-state index is 0.259. The molecule has 1 N–H and O–H groups in total. The van der Waals surface area contributed by atoms with E-state index in [9.17, 15) is 8.42 Å². The Kier molecular flexibility index (Phi) is 4.54. The lowest BCUT2D eigenvalue weighted by molar-refractivity contribution is 0.326. The lowest BCUT2D eigenvalue weighted by Crippen LogP contribution is -2.30. The van der Waals surface area contributed by atoms with Gasteiger partial charge in [0, 0.05) is 25.7 Å². The smallest absolute Gasteiger partial charge is 0.218 e. The summed E-state index contributed by atoms with van der Waals surface area (Å²) >= 11 is 0. The first-order valence-electron chi connectivity index (χ1n) is 6.28. The summed E-state index contributed by atoms with van der Waals surface area (Å²) in [6.45, 7) is 4.01. The van der Waals surface area contributed by atoms with Crippen molar-refractivity contribution in [2.24, 2.45) is 0 Å². The molecule has 0 radical (unpaired) electrons. The van der Waals surface area contributed by atoms with Gasteiger partial charge in [0.15, 0.2) is 0 Å². The molecular weight excluding hydrogens is 268 g/mol. The molecule has 1 aromatic rings. The van der Waals surface area contributed by atoms with Crippen LogP contribution in [0, 0.1) is 0 Å². The van der Waals surface area contributed by atoms with Crippen molar-refractivity contribution in [1.82, 2.24) is 14.3 Å². The third-order valence-corrected chi connectivity index (χ3v) is 4.76. The molecule has 0 amide bonds. The fourth-order valence-electron chi connectivity index (χ4n) is 1.91. The van der Waals surface area contributed by atoms with Gasteiger partial charge in [0.1, 0.15) is 12.1 Å². The lowest BCUT2D eigenvalue weighted by Gasteiger charge is -2.14. The number of sulfonamides is 1. The summed E-state index contributed by atoms with van der Waals surface area (Å²) in [4.78, 5) is 8.01. The number of hydrogen-bond acceptors (Lipinski definition) is 6. The summed E-state index contributed by atoms with van der Waals surface area (Å²) in [6, 6.07) is 1.70. The fourth-order valence-corrected chi connectivity index (χ4v) is 3.44. The summed E-state index contributed by atoms with van der Waals surface area (Å²) < 4.78 is 30.0. The normalized spacial score (nSPS) is 18.4. The SMILES string of the molecule is CCOc1cc(NCCN2CCCS2(=O)=O)ncn1. The van der Waals surface area contributed by atoms with E-state index < -0.39 is 10.0 Å². The van der Waals surface area contributed by atoms with Crippen molar-refractivity contribution in [3.63, 3.8) is 0 Å². The highest BCUT2D eigenvalue weighted by atomic mass is 32.2. The van der Waals surface area contributed by atoms with Crippen LogP contribution in [-0.4, -0.2) is 54.7 Å². The molecule has 19 heavy (non-hydrogen) atoms. The van der Waals surface area contributed by atoms with Crippen molar-refractivity contribution in [1.29, 1.82) is 0 Å². The Hall–Kier alpha value is -1.41. The summed E-state index contributed by atoms with van der Waals surface area (Å²) in [7, 11) is -3.02. The van der Waals surface area contributed by atoms with Gasteiger partial charge in [-0.1, -0.05) is 0 Å². The predicted octanol–water partition coefficient (Wildman–Crippen LogP) is 0.323. The maximum Gasteiger partial charge on any atom is 0.218 e. The van der Waals surface area contributed by atoms with E-state index in [0.717, 1.165) is 0 Å². The molecule has 8 heteroatoms. The van der Waals surface area contributed by atoms with E-state index >= 15 is 0 Å². The van der Waals surface area contributed by atoms with Gasteiger partial charge in [0.05, 0.1) is 12.4 Å². The van der Waals surface area contributed by atoms with E-state index in [0.29, 0.717) is 44.4 Å². The first-order chi connectivity index (χ1) is 9.12. The van der Waals surface area contributed by atoms with Gasteiger partial charge in [-0.2, -0.15) is 0 Å². The average Bonchev–Trinajstić information content (AvgIpc) is 2.70. The lowest BCUT2D eigenvalue weighted by atomic mass is 10.4. The van der Waals surface area contributed by atoms with E-state index in [-0.39, 0.29) is 5.75 Å². The quantitative estimate of drug-likeness (QED) is 0.811. The second-order valence-corrected chi connectivity index (χ2v) is 6.26. The maximum absolute atomic E-state index is 11.6. The molecule has 1 saturated heterocycles. The second kappa shape index (κ2) is 6.16. The van der Waals surface area contributed by atoms with E-state index in [1.54, 1.807) is 6.07 Å². The van der Waals surface area contributed by atoms with E-state index in [4.69, 9.17) is 4.74 Å². The van der Waals surface area contributed by atoms with E-state index in [1.807, 2.05) is 6.92 Å². The topological polar surface area (TPSA) is 84.4 Å². The van der Waals surface area contributed by atoms with Crippen LogP contribution in [0.2, 0.25) is 0 Å². The minimum atomic E-state index is -3.02. The van der Waals surface area contributed by atoms with Crippen LogP contribution in [-0.2, 0) is 10.0 Å². The number of anilines is 1. The highest BCUT2D eigenvalue weighted by Gasteiger charge is 2.27. The van der Waals surface area contributed by atoms with Crippen LogP contribution in [0.1, 0.15) is 13.3 Å². The van der Waals surface area contributed by atoms with Crippen molar-refractivity contribution in [2.75, 3.05) is 37.3 Å². The molecule has 106 valence electrons. The zero-order valence-corrected chi connectivity index (χ0v) is 11.7. The van der Waals surface area contributed by atoms with Crippen molar-refractivity contribution >= 4 is 15.8 Å². The van der Waals surface area contributed by atoms with Gasteiger partial charge in [-0.15, -0.1) is 0 Å². The second-order valence-electron chi connectivity index (χ2n) is 4.17. The molecule has 1 fully saturated rings. The number of nitrogens with zero attached hydrogens (tertiary/aromatic N) is 3. The maximum atomic E-state index is 11.6. The van der Waals surface area contributed by atoms with Crippen LogP contribution in [0.25, 0.3) is 0 Å². The summed E-state index contributed by atoms with van der Waals surface area (Å²) in [5, 5.41) is 3.07. The molecule has 0 aromatic carbocycles. The Morgan fingerprint density at radius 1 is 1.47 bits per heavy atom. The molecule has 0 saturated carbocycles. The van der Waals surface area contributed by atoms with Crippen molar-refractivity contribution < 1.29 is 13.2 Å². The monoisotopic (exact) mass is 286 g/mol. The van der Waals surface area contributed by atoms with Gasteiger partial charge in [0.2, 0.25) is 15.9 Å². The largest absolute Gasteiger partial charge is 0.478 e. The Labute approximate surface area is 113 Å². The van der Waals surface area contributed by atoms with Crippen LogP contribution < -0.4 is 10.1 Å². The number of ether oxygens (including phenoxy) is 1. The standard InChI is InChI=1S/C11H18N4O3S/c1-2-18-11-8-10(13-9-14-11)12-4-6-15-5-3-7-19(15,16)17/h8-9H,2-7H2,1H3,(H,12,13,14). The molecule has 1 aromatic heterocycles. The number of nitrogens with one attached hydrogen (secondary N) is 1. The first-order valence-corrected chi connectivity index (χ1v) is 7.89. The molecule has 2 heterocycles. The van der Waals surface area contributed by atoms with Crippen molar-refractivity contribution in [3.8, 4) is 5.88 Å². The van der Waals surface area contributed by atoms with Gasteiger partial charge in [-0.05, 0) is 13.3 Å². The molecule has 7 nitrogen and oxygen atoms in total. The molecule has 0 atom stereocenters. The van der Waals surface area contributed by atoms with Gasteiger partial charge in [0.25, 0.3) is 0 Å². The van der Waals surface area contributed by atoms with Crippen LogP contribution in [0.3, 0.4) is 0 Å². The van der Waals surface area contributed by atoms with Crippen molar-refractivity contribution in [2.45, 2.75) is 13.3 Å². The summed E-state index contributed by atoms with van der Waals surface area (Å²) in [6.07, 6.45) is 2.13. The van der Waals surface area contributed by atoms with Crippen LogP contribution in [0.15, 0.2) is 12.4 Å². The summed E-state index contributed by atoms with van der Waals surface area (Å²) in [5.41, 5.74) is 0. The fraction of sp³-hybridized carbons (Fsp3) is 0.636. The molecule has 0 bridgehead atoms. The molecule has 2 rings (SSSR count). The zero-order chi connectivity index (χ0) is 13.7.